The van der Waals surface area contributed by atoms with Gasteiger partial charge in [0.1, 0.15) is 0 Å². The van der Waals surface area contributed by atoms with Gasteiger partial charge in [0, 0.05) is 18.1 Å². The smallest absolute Gasteiger partial charge is 0.191 e. The van der Waals surface area contributed by atoms with Crippen molar-refractivity contribution >= 4 is 21.9 Å². The molecule has 0 aliphatic heterocycles. The zero-order chi connectivity index (χ0) is 13.1. The third kappa shape index (κ3) is 5.22. The number of nitrogens with zero attached hydrogens (tertiary/aromatic N) is 2. The summed E-state index contributed by atoms with van der Waals surface area (Å²) in [5.74, 6) is 0.570. The second-order valence-electron chi connectivity index (χ2n) is 5.12. The van der Waals surface area contributed by atoms with Crippen LogP contribution in [-0.2, 0) is 6.54 Å². The summed E-state index contributed by atoms with van der Waals surface area (Å²) in [5, 5.41) is 0. The van der Waals surface area contributed by atoms with Gasteiger partial charge in [0.25, 0.3) is 0 Å². The Labute approximate surface area is 112 Å². The van der Waals surface area contributed by atoms with Gasteiger partial charge in [0.05, 0.1) is 5.54 Å². The zero-order valence-corrected chi connectivity index (χ0v) is 12.5. The number of rotatable bonds is 2. The van der Waals surface area contributed by atoms with Gasteiger partial charge in [0.2, 0.25) is 0 Å². The van der Waals surface area contributed by atoms with Crippen LogP contribution in [-0.4, -0.2) is 23.4 Å². The van der Waals surface area contributed by atoms with E-state index in [0.29, 0.717) is 5.96 Å². The Morgan fingerprint density at radius 1 is 1.29 bits per heavy atom. The molecule has 17 heavy (non-hydrogen) atoms. The summed E-state index contributed by atoms with van der Waals surface area (Å²) in [5.41, 5.74) is 7.02. The lowest BCUT2D eigenvalue weighted by Gasteiger charge is -2.22. The van der Waals surface area contributed by atoms with Crippen LogP contribution >= 0.6 is 15.9 Å². The highest BCUT2D eigenvalue weighted by molar-refractivity contribution is 9.10. The fraction of sp³-hybridized carbons (Fsp3) is 0.462. The van der Waals surface area contributed by atoms with E-state index in [-0.39, 0.29) is 5.54 Å². The molecule has 0 saturated carbocycles. The first-order chi connectivity index (χ1) is 7.78. The molecule has 0 unspecified atom stereocenters. The molecule has 0 aromatic heterocycles. The maximum atomic E-state index is 5.95. The molecule has 2 N–H and O–H groups in total. The summed E-state index contributed by atoms with van der Waals surface area (Å²) < 4.78 is 1.08. The van der Waals surface area contributed by atoms with E-state index in [1.165, 1.54) is 5.56 Å². The van der Waals surface area contributed by atoms with Crippen LogP contribution < -0.4 is 5.73 Å². The Kier molecular flexibility index (Phi) is 4.57. The summed E-state index contributed by atoms with van der Waals surface area (Å²) in [6, 6.07) is 8.20. The summed E-state index contributed by atoms with van der Waals surface area (Å²) in [6.45, 7) is 6.87. The summed E-state index contributed by atoms with van der Waals surface area (Å²) in [7, 11) is 1.95. The van der Waals surface area contributed by atoms with Crippen LogP contribution in [0.4, 0.5) is 0 Å². The first-order valence-corrected chi connectivity index (χ1v) is 6.38. The van der Waals surface area contributed by atoms with E-state index in [0.717, 1.165) is 11.0 Å². The molecule has 94 valence electrons. The molecular weight excluding hydrogens is 278 g/mol. The third-order valence-corrected chi connectivity index (χ3v) is 2.70. The maximum Gasteiger partial charge on any atom is 0.191 e. The van der Waals surface area contributed by atoms with Crippen molar-refractivity contribution in [2.24, 2.45) is 10.7 Å². The van der Waals surface area contributed by atoms with Crippen molar-refractivity contribution in [1.82, 2.24) is 4.90 Å². The lowest BCUT2D eigenvalue weighted by molar-refractivity contribution is 0.474. The van der Waals surface area contributed by atoms with Crippen LogP contribution in [0.15, 0.2) is 33.7 Å². The number of guanidine groups is 1. The fourth-order valence-corrected chi connectivity index (χ4v) is 1.64. The van der Waals surface area contributed by atoms with E-state index in [2.05, 4.69) is 33.1 Å². The minimum Gasteiger partial charge on any atom is -0.370 e. The van der Waals surface area contributed by atoms with Gasteiger partial charge < -0.3 is 10.6 Å². The van der Waals surface area contributed by atoms with E-state index in [9.17, 15) is 0 Å². The number of hydrogen-bond acceptors (Lipinski definition) is 1. The third-order valence-electron chi connectivity index (χ3n) is 2.17. The van der Waals surface area contributed by atoms with E-state index in [1.807, 2.05) is 44.9 Å². The van der Waals surface area contributed by atoms with Gasteiger partial charge >= 0.3 is 0 Å². The van der Waals surface area contributed by atoms with Crippen LogP contribution in [0, 0.1) is 0 Å². The van der Waals surface area contributed by atoms with Crippen molar-refractivity contribution in [3.05, 3.63) is 34.3 Å². The summed E-state index contributed by atoms with van der Waals surface area (Å²) >= 11 is 3.42. The molecule has 0 aliphatic rings. The standard InChI is InChI=1S/C13H20BrN3/c1-13(2,3)16-12(15)17(4)9-10-5-7-11(14)8-6-10/h5-8H,9H2,1-4H3,(H2,15,16). The molecule has 0 fully saturated rings. The molecule has 0 radical (unpaired) electrons. The number of halogens is 1. The maximum absolute atomic E-state index is 5.95. The van der Waals surface area contributed by atoms with E-state index in [4.69, 9.17) is 5.73 Å². The van der Waals surface area contributed by atoms with Crippen LogP contribution in [0.2, 0.25) is 0 Å². The predicted octanol–water partition coefficient (Wildman–Crippen LogP) is 2.99. The van der Waals surface area contributed by atoms with Gasteiger partial charge in [-0.15, -0.1) is 0 Å². The van der Waals surface area contributed by atoms with Crippen molar-refractivity contribution < 1.29 is 0 Å². The molecule has 3 nitrogen and oxygen atoms in total. The van der Waals surface area contributed by atoms with Gasteiger partial charge in [0.15, 0.2) is 5.96 Å². The van der Waals surface area contributed by atoms with Crippen molar-refractivity contribution in [1.29, 1.82) is 0 Å². The molecular formula is C13H20BrN3. The van der Waals surface area contributed by atoms with Crippen LogP contribution in [0.5, 0.6) is 0 Å². The quantitative estimate of drug-likeness (QED) is 0.673. The van der Waals surface area contributed by atoms with Crippen LogP contribution in [0.25, 0.3) is 0 Å². The Morgan fingerprint density at radius 2 is 1.82 bits per heavy atom. The fourth-order valence-electron chi connectivity index (χ4n) is 1.37. The molecule has 0 amide bonds. The first kappa shape index (κ1) is 14.0. The van der Waals surface area contributed by atoms with Crippen molar-refractivity contribution in [2.45, 2.75) is 32.9 Å². The van der Waals surface area contributed by atoms with E-state index < -0.39 is 0 Å². The van der Waals surface area contributed by atoms with Gasteiger partial charge in [-0.3, -0.25) is 0 Å². The molecule has 4 heteroatoms. The molecule has 0 heterocycles. The van der Waals surface area contributed by atoms with Gasteiger partial charge in [-0.05, 0) is 38.5 Å². The Morgan fingerprint density at radius 3 is 2.29 bits per heavy atom. The number of hydrogen-bond donors (Lipinski definition) is 1. The Balaban J connectivity index is 2.69. The lowest BCUT2D eigenvalue weighted by Crippen LogP contribution is -2.35. The second kappa shape index (κ2) is 5.54. The molecule has 1 rings (SSSR count). The Hall–Kier alpha value is -1.03. The molecule has 0 spiro atoms. The lowest BCUT2D eigenvalue weighted by atomic mass is 10.1. The minimum atomic E-state index is -0.141. The van der Waals surface area contributed by atoms with E-state index >= 15 is 0 Å². The minimum absolute atomic E-state index is 0.141. The highest BCUT2D eigenvalue weighted by Gasteiger charge is 2.10. The average Bonchev–Trinajstić information content (AvgIpc) is 2.19. The van der Waals surface area contributed by atoms with E-state index in [1.54, 1.807) is 0 Å². The summed E-state index contributed by atoms with van der Waals surface area (Å²) in [6.07, 6.45) is 0. The number of nitrogens with two attached hydrogens (primary N) is 1. The molecule has 0 bridgehead atoms. The normalized spacial score (nSPS) is 12.6. The molecule has 0 atom stereocenters. The highest BCUT2D eigenvalue weighted by atomic mass is 79.9. The predicted molar refractivity (Wildman–Crippen MR) is 77.0 cm³/mol. The van der Waals surface area contributed by atoms with Crippen LogP contribution in [0.3, 0.4) is 0 Å². The van der Waals surface area contributed by atoms with Gasteiger partial charge in [-0.2, -0.15) is 0 Å². The first-order valence-electron chi connectivity index (χ1n) is 5.59. The molecule has 1 aromatic carbocycles. The second-order valence-corrected chi connectivity index (χ2v) is 6.04. The molecule has 0 saturated heterocycles. The SMILES string of the molecule is CN(Cc1ccc(Br)cc1)C(N)=NC(C)(C)C. The topological polar surface area (TPSA) is 41.6 Å². The summed E-state index contributed by atoms with van der Waals surface area (Å²) in [4.78, 5) is 6.39. The van der Waals surface area contributed by atoms with Gasteiger partial charge in [-0.1, -0.05) is 28.1 Å². The van der Waals surface area contributed by atoms with Gasteiger partial charge in [-0.25, -0.2) is 4.99 Å². The highest BCUT2D eigenvalue weighted by Crippen LogP contribution is 2.12. The Bertz CT molecular complexity index is 390. The van der Waals surface area contributed by atoms with Crippen molar-refractivity contribution in [2.75, 3.05) is 7.05 Å². The number of benzene rings is 1. The molecule has 0 aliphatic carbocycles. The monoisotopic (exact) mass is 297 g/mol. The largest absolute Gasteiger partial charge is 0.370 e. The van der Waals surface area contributed by atoms with Crippen molar-refractivity contribution in [3.63, 3.8) is 0 Å². The molecule has 1 aromatic rings. The zero-order valence-electron chi connectivity index (χ0n) is 10.9. The number of aliphatic imine (C=N–C) groups is 1. The van der Waals surface area contributed by atoms with Crippen LogP contribution in [0.1, 0.15) is 26.3 Å². The van der Waals surface area contributed by atoms with Crippen molar-refractivity contribution in [3.8, 4) is 0 Å². The average molecular weight is 298 g/mol.